The monoisotopic (exact) mass is 763 g/mol. The van der Waals surface area contributed by atoms with Crippen LogP contribution in [0.4, 0.5) is 4.79 Å². The van der Waals surface area contributed by atoms with E-state index < -0.39 is 140 Å². The van der Waals surface area contributed by atoms with Crippen molar-refractivity contribution in [3.05, 3.63) is 0 Å². The van der Waals surface area contributed by atoms with Crippen molar-refractivity contribution in [2.45, 2.75) is 142 Å². The number of carboxylic acid groups (broad SMARTS) is 1. The second-order valence-corrected chi connectivity index (χ2v) is 13.0. The van der Waals surface area contributed by atoms with Gasteiger partial charge in [0.25, 0.3) is 0 Å². The largest absolute Gasteiger partial charge is 0.481 e. The average molecular weight is 764 g/mol. The first kappa shape index (κ1) is 44.1. The summed E-state index contributed by atoms with van der Waals surface area (Å²) in [6.45, 7) is 9.73. The zero-order chi connectivity index (χ0) is 40.4. The molecule has 298 valence electrons. The van der Waals surface area contributed by atoms with E-state index in [0.29, 0.717) is 0 Å². The van der Waals surface area contributed by atoms with Gasteiger partial charge in [-0.15, -0.1) is 0 Å². The van der Waals surface area contributed by atoms with Crippen LogP contribution in [-0.2, 0) is 85.7 Å². The summed E-state index contributed by atoms with van der Waals surface area (Å²) in [6.07, 6.45) is -16.1. The maximum Gasteiger partial charge on any atom is 0.408 e. The van der Waals surface area contributed by atoms with Crippen LogP contribution in [0.5, 0.6) is 0 Å². The van der Waals surface area contributed by atoms with E-state index in [-0.39, 0.29) is 0 Å². The van der Waals surface area contributed by atoms with E-state index in [0.717, 1.165) is 41.5 Å². The van der Waals surface area contributed by atoms with E-state index in [1.807, 2.05) is 0 Å². The third-order valence-corrected chi connectivity index (χ3v) is 7.13. The minimum atomic E-state index is -2.43. The van der Waals surface area contributed by atoms with Crippen LogP contribution < -0.4 is 5.32 Å². The van der Waals surface area contributed by atoms with Gasteiger partial charge >= 0.3 is 53.8 Å². The van der Waals surface area contributed by atoms with Crippen LogP contribution in [0.2, 0.25) is 0 Å². The van der Waals surface area contributed by atoms with Crippen molar-refractivity contribution in [2.24, 2.45) is 0 Å². The van der Waals surface area contributed by atoms with Crippen molar-refractivity contribution in [1.29, 1.82) is 0 Å². The van der Waals surface area contributed by atoms with Gasteiger partial charge in [0.1, 0.15) is 30.0 Å². The fourth-order valence-electron chi connectivity index (χ4n) is 5.41. The molecular weight excluding hydrogens is 718 g/mol. The van der Waals surface area contributed by atoms with Crippen LogP contribution >= 0.6 is 0 Å². The smallest absolute Gasteiger partial charge is 0.408 e. The Bertz CT molecular complexity index is 1420. The highest BCUT2D eigenvalue weighted by molar-refractivity contribution is 5.87. The second kappa shape index (κ2) is 18.6. The minimum Gasteiger partial charge on any atom is -0.481 e. The maximum absolute atomic E-state index is 14.3. The van der Waals surface area contributed by atoms with Crippen molar-refractivity contribution in [2.75, 3.05) is 6.61 Å². The number of amides is 1. The van der Waals surface area contributed by atoms with Gasteiger partial charge in [-0.1, -0.05) is 0 Å². The Labute approximate surface area is 303 Å². The SMILES string of the molecule is CC(=O)O[C@@H]1O[C@H](COC(=O)C(CCC(=O)O)(C[C@H]2O[C@@H](OC(C)=O)[C@H](OC(C)=O)[C@@H]2OC(C)=O)NC(=O)OC(C)(C)C)[C@@H](OC(C)=O)[C@H]1OC(C)=O. The highest BCUT2D eigenvalue weighted by atomic mass is 16.8. The zero-order valence-corrected chi connectivity index (χ0v) is 30.7. The lowest BCUT2D eigenvalue weighted by Gasteiger charge is -2.36. The molecule has 9 atom stereocenters. The molecule has 0 radical (unpaired) electrons. The van der Waals surface area contributed by atoms with Crippen LogP contribution in [0, 0.1) is 0 Å². The van der Waals surface area contributed by atoms with E-state index in [1.165, 1.54) is 20.8 Å². The van der Waals surface area contributed by atoms with Gasteiger partial charge in [0, 0.05) is 54.4 Å². The van der Waals surface area contributed by atoms with Gasteiger partial charge < -0.3 is 57.8 Å². The summed E-state index contributed by atoms with van der Waals surface area (Å²) in [7, 11) is 0. The Balaban J connectivity index is 2.65. The van der Waals surface area contributed by atoms with Gasteiger partial charge in [0.15, 0.2) is 12.2 Å². The lowest BCUT2D eigenvalue weighted by atomic mass is 9.85. The van der Waals surface area contributed by atoms with E-state index in [1.54, 1.807) is 0 Å². The zero-order valence-electron chi connectivity index (χ0n) is 30.7. The normalized spacial score (nSPS) is 26.1. The molecule has 2 aliphatic heterocycles. The lowest BCUT2D eigenvalue weighted by Crippen LogP contribution is -2.59. The van der Waals surface area contributed by atoms with Crippen molar-refractivity contribution in [1.82, 2.24) is 5.32 Å². The standard InChI is InChI=1S/C32H45NO20/c1-14(34)45-23-20(51-27(49-18(5)38)25(23)47-16(3)36)12-32(11-10-22(40)41,33-30(43)53-31(7,8)9)29(42)44-13-21-24(46-15(2)35)26(48-17(4)37)28(52-21)50-19(6)39/h20-21,23-28H,10-13H2,1-9H3,(H,33,43)(H,40,41)/t20-,21-,23-,24-,25-,26-,27-,28-,32?/m1/s1. The molecule has 0 aromatic carbocycles. The van der Waals surface area contributed by atoms with Gasteiger partial charge in [0.05, 0.1) is 0 Å². The van der Waals surface area contributed by atoms with E-state index in [4.69, 9.17) is 47.4 Å². The summed E-state index contributed by atoms with van der Waals surface area (Å²) in [4.78, 5) is 111. The first-order valence-corrected chi connectivity index (χ1v) is 16.2. The number of carbonyl (C=O) groups excluding carboxylic acids is 8. The second-order valence-electron chi connectivity index (χ2n) is 13.0. The van der Waals surface area contributed by atoms with Crippen LogP contribution in [-0.4, -0.2) is 126 Å². The number of nitrogens with one attached hydrogen (secondary N) is 1. The molecule has 1 amide bonds. The molecule has 2 rings (SSSR count). The van der Waals surface area contributed by atoms with E-state index in [2.05, 4.69) is 5.32 Å². The Kier molecular flexibility index (Phi) is 15.5. The Morgan fingerprint density at radius 2 is 1.00 bits per heavy atom. The van der Waals surface area contributed by atoms with Crippen LogP contribution in [0.25, 0.3) is 0 Å². The van der Waals surface area contributed by atoms with Gasteiger partial charge in [-0.2, -0.15) is 0 Å². The molecule has 0 aliphatic carbocycles. The minimum absolute atomic E-state index is 0.728. The predicted octanol–water partition coefficient (Wildman–Crippen LogP) is 0.351. The molecule has 0 bridgehead atoms. The number of aliphatic carboxylic acids is 1. The number of ether oxygens (including phenoxy) is 10. The van der Waals surface area contributed by atoms with Gasteiger partial charge in [-0.3, -0.25) is 33.6 Å². The highest BCUT2D eigenvalue weighted by Gasteiger charge is 2.57. The van der Waals surface area contributed by atoms with Gasteiger partial charge in [-0.05, 0) is 27.2 Å². The molecule has 0 spiro atoms. The molecule has 2 aliphatic rings. The topological polar surface area (TPSA) is 278 Å². The third-order valence-electron chi connectivity index (χ3n) is 7.13. The summed E-state index contributed by atoms with van der Waals surface area (Å²) in [6, 6.07) is 0. The molecule has 0 saturated carbocycles. The molecule has 2 N–H and O–H groups in total. The molecule has 2 fully saturated rings. The molecule has 21 nitrogen and oxygen atoms in total. The van der Waals surface area contributed by atoms with E-state index >= 15 is 0 Å². The summed E-state index contributed by atoms with van der Waals surface area (Å²) >= 11 is 0. The molecule has 53 heavy (non-hydrogen) atoms. The Hall–Kier alpha value is -5.05. The first-order valence-electron chi connectivity index (χ1n) is 16.2. The fourth-order valence-corrected chi connectivity index (χ4v) is 5.41. The van der Waals surface area contributed by atoms with Crippen molar-refractivity contribution < 1.29 is 95.6 Å². The quantitative estimate of drug-likeness (QED) is 0.168. The average Bonchev–Trinajstić information content (AvgIpc) is 3.42. The Morgan fingerprint density at radius 1 is 0.604 bits per heavy atom. The van der Waals surface area contributed by atoms with Crippen LogP contribution in [0.3, 0.4) is 0 Å². The van der Waals surface area contributed by atoms with Crippen LogP contribution in [0.15, 0.2) is 0 Å². The predicted molar refractivity (Wildman–Crippen MR) is 168 cm³/mol. The Morgan fingerprint density at radius 3 is 1.40 bits per heavy atom. The molecular formula is C32H45NO20. The molecule has 1 unspecified atom stereocenters. The molecule has 2 heterocycles. The number of carboxylic acids is 1. The highest BCUT2D eigenvalue weighted by Crippen LogP contribution is 2.36. The summed E-state index contributed by atoms with van der Waals surface area (Å²) in [5.41, 5.74) is -3.58. The van der Waals surface area contributed by atoms with Crippen molar-refractivity contribution in [3.8, 4) is 0 Å². The maximum atomic E-state index is 14.3. The summed E-state index contributed by atoms with van der Waals surface area (Å²) in [5, 5.41) is 12.0. The number of esters is 7. The van der Waals surface area contributed by atoms with Gasteiger partial charge in [-0.25, -0.2) is 9.59 Å². The lowest BCUT2D eigenvalue weighted by molar-refractivity contribution is -0.198. The number of alkyl carbamates (subject to hydrolysis) is 1. The fraction of sp³-hybridized carbons (Fsp3) is 0.719. The third kappa shape index (κ3) is 13.8. The molecule has 0 aromatic rings. The van der Waals surface area contributed by atoms with E-state index in [9.17, 15) is 48.3 Å². The number of carbonyl (C=O) groups is 9. The number of hydrogen-bond acceptors (Lipinski definition) is 19. The number of hydrogen-bond donors (Lipinski definition) is 2. The molecule has 0 aromatic heterocycles. The molecule has 21 heteroatoms. The van der Waals surface area contributed by atoms with Crippen molar-refractivity contribution in [3.63, 3.8) is 0 Å². The summed E-state index contributed by atoms with van der Waals surface area (Å²) in [5.74, 6) is -8.18. The van der Waals surface area contributed by atoms with Gasteiger partial charge in [0.2, 0.25) is 24.8 Å². The first-order chi connectivity index (χ1) is 24.4. The van der Waals surface area contributed by atoms with Crippen LogP contribution in [0.1, 0.15) is 81.6 Å². The van der Waals surface area contributed by atoms with Crippen molar-refractivity contribution >= 4 is 53.8 Å². The summed E-state index contributed by atoms with van der Waals surface area (Å²) < 4.78 is 53.6. The molecule has 2 saturated heterocycles. The number of rotatable bonds is 15.